The van der Waals surface area contributed by atoms with Gasteiger partial charge in [0, 0.05) is 39.7 Å². The maximum atomic E-state index is 13.1. The van der Waals surface area contributed by atoms with Crippen molar-refractivity contribution in [1.82, 2.24) is 10.2 Å². The van der Waals surface area contributed by atoms with Crippen LogP contribution >= 0.6 is 0 Å². The highest BCUT2D eigenvalue weighted by Gasteiger charge is 2.38. The first-order valence-electron chi connectivity index (χ1n) is 7.44. The molecule has 1 N–H and O–H groups in total. The average molecular weight is 330 g/mol. The average Bonchev–Trinajstić information content (AvgIpc) is 2.89. The van der Waals surface area contributed by atoms with Crippen molar-refractivity contribution in [2.75, 3.05) is 33.9 Å². The summed E-state index contributed by atoms with van der Waals surface area (Å²) in [6.07, 6.45) is -4.37. The Hall–Kier alpha value is -1.60. The van der Waals surface area contributed by atoms with Gasteiger partial charge < -0.3 is 10.1 Å². The summed E-state index contributed by atoms with van der Waals surface area (Å²) < 4.78 is 44.4. The van der Waals surface area contributed by atoms with Crippen molar-refractivity contribution in [3.8, 4) is 0 Å². The van der Waals surface area contributed by atoms with Gasteiger partial charge in [-0.25, -0.2) is 0 Å². The molecule has 4 nitrogen and oxygen atoms in total. The number of likely N-dealkylation sites (tertiary alicyclic amines) is 1. The number of hydrogen-bond donors (Lipinski definition) is 1. The van der Waals surface area contributed by atoms with Gasteiger partial charge in [0.1, 0.15) is 0 Å². The van der Waals surface area contributed by atoms with Crippen LogP contribution in [-0.2, 0) is 22.3 Å². The molecule has 1 aromatic carbocycles. The Balaban J connectivity index is 2.14. The summed E-state index contributed by atoms with van der Waals surface area (Å²) in [4.78, 5) is 13.8. The van der Waals surface area contributed by atoms with Gasteiger partial charge in [0.2, 0.25) is 5.91 Å². The number of rotatable bonds is 5. The van der Waals surface area contributed by atoms with Gasteiger partial charge in [0.15, 0.2) is 0 Å². The van der Waals surface area contributed by atoms with Crippen molar-refractivity contribution in [2.45, 2.75) is 12.7 Å². The van der Waals surface area contributed by atoms with E-state index in [1.54, 1.807) is 20.2 Å². The quantitative estimate of drug-likeness (QED) is 0.899. The van der Waals surface area contributed by atoms with Gasteiger partial charge in [-0.1, -0.05) is 18.2 Å². The minimum absolute atomic E-state index is 0.0157. The van der Waals surface area contributed by atoms with Crippen LogP contribution in [0.15, 0.2) is 24.3 Å². The molecule has 2 atom stereocenters. The zero-order valence-corrected chi connectivity index (χ0v) is 13.2. The zero-order chi connectivity index (χ0) is 17.0. The lowest BCUT2D eigenvalue weighted by atomic mass is 9.96. The van der Waals surface area contributed by atoms with Crippen molar-refractivity contribution in [3.63, 3.8) is 0 Å². The standard InChI is InChI=1S/C16H21F3N2O2/c1-20-15(22)13-9-21(8-12(13)10-23-2)7-11-5-3-4-6-14(11)16(17,18)19/h3-6,12-13H,7-10H2,1-2H3,(H,20,22)/t12-,13+/m0/s1. The lowest BCUT2D eigenvalue weighted by Crippen LogP contribution is -2.34. The van der Waals surface area contributed by atoms with E-state index in [1.165, 1.54) is 12.1 Å². The van der Waals surface area contributed by atoms with Crippen molar-refractivity contribution in [1.29, 1.82) is 0 Å². The highest BCUT2D eigenvalue weighted by Crippen LogP contribution is 2.33. The van der Waals surface area contributed by atoms with E-state index < -0.39 is 11.7 Å². The number of ether oxygens (including phenoxy) is 1. The van der Waals surface area contributed by atoms with Crippen molar-refractivity contribution < 1.29 is 22.7 Å². The Kier molecular flexibility index (Phi) is 5.64. The number of nitrogens with one attached hydrogen (secondary N) is 1. The Labute approximate surface area is 133 Å². The molecule has 0 bridgehead atoms. The summed E-state index contributed by atoms with van der Waals surface area (Å²) in [7, 11) is 3.12. The molecular formula is C16H21F3N2O2. The Morgan fingerprint density at radius 1 is 1.35 bits per heavy atom. The minimum Gasteiger partial charge on any atom is -0.384 e. The third kappa shape index (κ3) is 4.23. The van der Waals surface area contributed by atoms with Crippen LogP contribution in [0.25, 0.3) is 0 Å². The molecule has 0 aliphatic carbocycles. The van der Waals surface area contributed by atoms with E-state index >= 15 is 0 Å². The number of carbonyl (C=O) groups excluding carboxylic acids is 1. The maximum Gasteiger partial charge on any atom is 0.416 e. The molecule has 23 heavy (non-hydrogen) atoms. The monoisotopic (exact) mass is 330 g/mol. The fourth-order valence-corrected chi connectivity index (χ4v) is 3.13. The van der Waals surface area contributed by atoms with Crippen LogP contribution in [0, 0.1) is 11.8 Å². The third-order valence-corrected chi connectivity index (χ3v) is 4.20. The number of alkyl halides is 3. The van der Waals surface area contributed by atoms with E-state index in [1.807, 2.05) is 4.90 Å². The van der Waals surface area contributed by atoms with Crippen molar-refractivity contribution >= 4 is 5.91 Å². The van der Waals surface area contributed by atoms with Crippen LogP contribution in [0.2, 0.25) is 0 Å². The predicted octanol–water partition coefficient (Wildman–Crippen LogP) is 2.15. The number of halogens is 3. The summed E-state index contributed by atoms with van der Waals surface area (Å²) in [6, 6.07) is 5.57. The molecule has 1 aromatic rings. The Morgan fingerprint density at radius 2 is 2.04 bits per heavy atom. The SMILES string of the molecule is CNC(=O)[C@@H]1CN(Cc2ccccc2C(F)(F)F)C[C@H]1COC. The van der Waals surface area contributed by atoms with Gasteiger partial charge in [0.25, 0.3) is 0 Å². The normalized spacial score (nSPS) is 22.3. The van der Waals surface area contributed by atoms with E-state index in [0.717, 1.165) is 6.07 Å². The Morgan fingerprint density at radius 3 is 2.65 bits per heavy atom. The topological polar surface area (TPSA) is 41.6 Å². The highest BCUT2D eigenvalue weighted by molar-refractivity contribution is 5.79. The first-order chi connectivity index (χ1) is 10.9. The molecule has 1 aliphatic heterocycles. The molecule has 0 saturated carbocycles. The van der Waals surface area contributed by atoms with Gasteiger partial charge in [-0.2, -0.15) is 13.2 Å². The van der Waals surface area contributed by atoms with Crippen LogP contribution in [0.1, 0.15) is 11.1 Å². The maximum absolute atomic E-state index is 13.1. The van der Waals surface area contributed by atoms with Crippen molar-refractivity contribution in [3.05, 3.63) is 35.4 Å². The molecule has 0 radical (unpaired) electrons. The van der Waals surface area contributed by atoms with Crippen molar-refractivity contribution in [2.24, 2.45) is 11.8 Å². The summed E-state index contributed by atoms with van der Waals surface area (Å²) in [6.45, 7) is 1.55. The molecule has 1 fully saturated rings. The number of nitrogens with zero attached hydrogens (tertiary/aromatic N) is 1. The molecule has 1 aliphatic rings. The van der Waals surface area contributed by atoms with Gasteiger partial charge >= 0.3 is 6.18 Å². The molecule has 7 heteroatoms. The summed E-state index contributed by atoms with van der Waals surface area (Å²) in [5, 5.41) is 2.61. The molecule has 0 spiro atoms. The molecular weight excluding hydrogens is 309 g/mol. The lowest BCUT2D eigenvalue weighted by Gasteiger charge is -2.19. The molecule has 0 unspecified atom stereocenters. The van der Waals surface area contributed by atoms with Crippen LogP contribution in [0.4, 0.5) is 13.2 Å². The molecule has 128 valence electrons. The first-order valence-corrected chi connectivity index (χ1v) is 7.44. The zero-order valence-electron chi connectivity index (χ0n) is 13.2. The number of methoxy groups -OCH3 is 1. The van der Waals surface area contributed by atoms with E-state index in [0.29, 0.717) is 19.7 Å². The van der Waals surface area contributed by atoms with Crippen LogP contribution in [0.3, 0.4) is 0 Å². The molecule has 1 amide bonds. The number of amides is 1. The number of benzene rings is 1. The Bertz CT molecular complexity index is 548. The smallest absolute Gasteiger partial charge is 0.384 e. The van der Waals surface area contributed by atoms with E-state index in [9.17, 15) is 18.0 Å². The largest absolute Gasteiger partial charge is 0.416 e. The fourth-order valence-electron chi connectivity index (χ4n) is 3.13. The summed E-state index contributed by atoms with van der Waals surface area (Å²) >= 11 is 0. The van der Waals surface area contributed by atoms with Gasteiger partial charge in [-0.3, -0.25) is 9.69 Å². The van der Waals surface area contributed by atoms with Gasteiger partial charge in [-0.15, -0.1) is 0 Å². The predicted molar refractivity (Wildman–Crippen MR) is 79.6 cm³/mol. The fraction of sp³-hybridized carbons (Fsp3) is 0.562. The molecule has 0 aromatic heterocycles. The highest BCUT2D eigenvalue weighted by atomic mass is 19.4. The minimum atomic E-state index is -4.37. The summed E-state index contributed by atoms with van der Waals surface area (Å²) in [5.41, 5.74) is -0.389. The van der Waals surface area contributed by atoms with E-state index in [-0.39, 0.29) is 29.9 Å². The van der Waals surface area contributed by atoms with Gasteiger partial charge in [0.05, 0.1) is 18.1 Å². The molecule has 1 heterocycles. The van der Waals surface area contributed by atoms with Gasteiger partial charge in [-0.05, 0) is 11.6 Å². The third-order valence-electron chi connectivity index (χ3n) is 4.20. The molecule has 2 rings (SSSR count). The van der Waals surface area contributed by atoms with E-state index in [4.69, 9.17) is 4.74 Å². The van der Waals surface area contributed by atoms with Crippen LogP contribution in [0.5, 0.6) is 0 Å². The lowest BCUT2D eigenvalue weighted by molar-refractivity contribution is -0.138. The number of hydrogen-bond acceptors (Lipinski definition) is 3. The number of carbonyl (C=O) groups is 1. The first kappa shape index (κ1) is 17.7. The molecule has 1 saturated heterocycles. The summed E-state index contributed by atoms with van der Waals surface area (Å²) in [5.74, 6) is -0.380. The second-order valence-electron chi connectivity index (χ2n) is 5.79. The van der Waals surface area contributed by atoms with Crippen LogP contribution in [-0.4, -0.2) is 44.7 Å². The second kappa shape index (κ2) is 7.31. The van der Waals surface area contributed by atoms with Crippen LogP contribution < -0.4 is 5.32 Å². The van der Waals surface area contributed by atoms with E-state index in [2.05, 4.69) is 5.32 Å². The second-order valence-corrected chi connectivity index (χ2v) is 5.79.